The van der Waals surface area contributed by atoms with Crippen LogP contribution in [0.3, 0.4) is 0 Å². The van der Waals surface area contributed by atoms with E-state index in [9.17, 15) is 14.0 Å². The minimum atomic E-state index is -0.713. The van der Waals surface area contributed by atoms with Gasteiger partial charge in [-0.1, -0.05) is 23.2 Å². The number of benzene rings is 2. The van der Waals surface area contributed by atoms with Gasteiger partial charge >= 0.3 is 0 Å². The van der Waals surface area contributed by atoms with Crippen LogP contribution in [-0.2, 0) is 0 Å². The van der Waals surface area contributed by atoms with Crippen molar-refractivity contribution in [2.75, 3.05) is 6.61 Å². The van der Waals surface area contributed by atoms with E-state index in [-0.39, 0.29) is 28.5 Å². The van der Waals surface area contributed by atoms with Crippen molar-refractivity contribution in [3.05, 3.63) is 63.4 Å². The molecule has 0 aliphatic carbocycles. The summed E-state index contributed by atoms with van der Waals surface area (Å²) in [5, 5.41) is 0.612. The van der Waals surface area contributed by atoms with Gasteiger partial charge in [-0.25, -0.2) is 4.39 Å². The average Bonchev–Trinajstić information content (AvgIpc) is 2.45. The van der Waals surface area contributed by atoms with Crippen LogP contribution in [0.25, 0.3) is 0 Å². The van der Waals surface area contributed by atoms with Gasteiger partial charge in [0.15, 0.2) is 18.2 Å². The Morgan fingerprint density at radius 1 is 1.19 bits per heavy atom. The van der Waals surface area contributed by atoms with Gasteiger partial charge in [-0.2, -0.15) is 0 Å². The van der Waals surface area contributed by atoms with Gasteiger partial charge in [0.05, 0.1) is 5.02 Å². The highest BCUT2D eigenvalue weighted by Gasteiger charge is 2.13. The molecule has 0 saturated carbocycles. The first-order valence-corrected chi connectivity index (χ1v) is 6.62. The van der Waals surface area contributed by atoms with Gasteiger partial charge in [0.2, 0.25) is 5.78 Å². The molecule has 0 atom stereocenters. The first-order valence-electron chi connectivity index (χ1n) is 5.87. The van der Waals surface area contributed by atoms with Crippen molar-refractivity contribution in [3.8, 4) is 5.75 Å². The molecule has 108 valence electrons. The maximum absolute atomic E-state index is 13.6. The van der Waals surface area contributed by atoms with Gasteiger partial charge in [0.25, 0.3) is 0 Å². The summed E-state index contributed by atoms with van der Waals surface area (Å²) in [4.78, 5) is 22.5. The molecule has 0 amide bonds. The molecule has 0 heterocycles. The number of carbonyl (C=O) groups is 2. The first-order chi connectivity index (χ1) is 10.0. The first kappa shape index (κ1) is 15.5. The summed E-state index contributed by atoms with van der Waals surface area (Å²) >= 11 is 11.6. The Hall–Kier alpha value is -1.91. The Morgan fingerprint density at radius 3 is 2.57 bits per heavy atom. The predicted molar refractivity (Wildman–Crippen MR) is 78.1 cm³/mol. The van der Waals surface area contributed by atoms with E-state index in [1.54, 1.807) is 0 Å². The standard InChI is InChI=1S/C15H9Cl2FO3/c16-10-2-3-11(12(17)6-10)14(20)8-21-15-4-1-9(7-19)5-13(15)18/h1-7H,8H2. The van der Waals surface area contributed by atoms with Crippen molar-refractivity contribution in [1.82, 2.24) is 0 Å². The van der Waals surface area contributed by atoms with Gasteiger partial charge in [-0.05, 0) is 36.4 Å². The fraction of sp³-hybridized carbons (Fsp3) is 0.0667. The lowest BCUT2D eigenvalue weighted by atomic mass is 10.1. The van der Waals surface area contributed by atoms with Crippen LogP contribution < -0.4 is 4.74 Å². The summed E-state index contributed by atoms with van der Waals surface area (Å²) in [6.07, 6.45) is 0.519. The van der Waals surface area contributed by atoms with Crippen molar-refractivity contribution in [2.24, 2.45) is 0 Å². The summed E-state index contributed by atoms with van der Waals surface area (Å²) in [7, 11) is 0. The van der Waals surface area contributed by atoms with Crippen LogP contribution in [0.4, 0.5) is 4.39 Å². The maximum Gasteiger partial charge on any atom is 0.201 e. The second-order valence-corrected chi connectivity index (χ2v) is 4.99. The minimum Gasteiger partial charge on any atom is -0.482 e. The van der Waals surface area contributed by atoms with E-state index in [2.05, 4.69) is 0 Å². The Balaban J connectivity index is 2.09. The Labute approximate surface area is 130 Å². The third kappa shape index (κ3) is 3.80. The van der Waals surface area contributed by atoms with Gasteiger partial charge in [-0.3, -0.25) is 9.59 Å². The van der Waals surface area contributed by atoms with Crippen LogP contribution in [0, 0.1) is 5.82 Å². The van der Waals surface area contributed by atoms with Crippen molar-refractivity contribution in [3.63, 3.8) is 0 Å². The quantitative estimate of drug-likeness (QED) is 0.610. The number of rotatable bonds is 5. The lowest BCUT2D eigenvalue weighted by Crippen LogP contribution is -2.12. The third-order valence-corrected chi connectivity index (χ3v) is 3.23. The second kappa shape index (κ2) is 6.70. The summed E-state index contributed by atoms with van der Waals surface area (Å²) < 4.78 is 18.7. The normalized spacial score (nSPS) is 10.2. The highest BCUT2D eigenvalue weighted by atomic mass is 35.5. The average molecular weight is 327 g/mol. The minimum absolute atomic E-state index is 0.112. The number of Topliss-reactive ketones (excluding diaryl/α,β-unsaturated/α-hetero) is 1. The predicted octanol–water partition coefficient (Wildman–Crippen LogP) is 4.21. The molecular formula is C15H9Cl2FO3. The summed E-state index contributed by atoms with van der Waals surface area (Å²) in [6, 6.07) is 8.15. The number of hydrogen-bond acceptors (Lipinski definition) is 3. The molecule has 0 aliphatic rings. The fourth-order valence-electron chi connectivity index (χ4n) is 1.64. The van der Waals surface area contributed by atoms with Gasteiger partial charge < -0.3 is 4.74 Å². The molecule has 2 aromatic rings. The van der Waals surface area contributed by atoms with Crippen molar-refractivity contribution >= 4 is 35.3 Å². The molecule has 0 radical (unpaired) electrons. The molecule has 0 fully saturated rings. The molecule has 0 saturated heterocycles. The molecule has 2 aromatic carbocycles. The topological polar surface area (TPSA) is 43.4 Å². The van der Waals surface area contributed by atoms with Crippen LogP contribution in [0.2, 0.25) is 10.0 Å². The molecule has 0 aliphatic heterocycles. The molecule has 0 spiro atoms. The van der Waals surface area contributed by atoms with Gasteiger partial charge in [0, 0.05) is 16.1 Å². The van der Waals surface area contributed by atoms with Crippen LogP contribution in [-0.4, -0.2) is 18.7 Å². The lowest BCUT2D eigenvalue weighted by molar-refractivity contribution is 0.0918. The van der Waals surface area contributed by atoms with Gasteiger partial charge in [-0.15, -0.1) is 0 Å². The van der Waals surface area contributed by atoms with E-state index >= 15 is 0 Å². The van der Waals surface area contributed by atoms with Crippen LogP contribution >= 0.6 is 23.2 Å². The van der Waals surface area contributed by atoms with Crippen molar-refractivity contribution < 1.29 is 18.7 Å². The number of aldehydes is 1. The highest BCUT2D eigenvalue weighted by Crippen LogP contribution is 2.22. The Morgan fingerprint density at radius 2 is 1.95 bits per heavy atom. The number of carbonyl (C=O) groups excluding carboxylic acids is 2. The van der Waals surface area contributed by atoms with E-state index in [4.69, 9.17) is 27.9 Å². The molecule has 21 heavy (non-hydrogen) atoms. The van der Waals surface area contributed by atoms with Gasteiger partial charge in [0.1, 0.15) is 6.29 Å². The summed E-state index contributed by atoms with van der Waals surface area (Å²) in [5.41, 5.74) is 0.429. The third-order valence-electron chi connectivity index (χ3n) is 2.68. The zero-order chi connectivity index (χ0) is 15.4. The fourth-order valence-corrected chi connectivity index (χ4v) is 2.16. The van der Waals surface area contributed by atoms with Crippen LogP contribution in [0.5, 0.6) is 5.75 Å². The monoisotopic (exact) mass is 326 g/mol. The molecular weight excluding hydrogens is 318 g/mol. The molecule has 6 heteroatoms. The molecule has 3 nitrogen and oxygen atoms in total. The molecule has 0 aromatic heterocycles. The largest absolute Gasteiger partial charge is 0.482 e. The second-order valence-electron chi connectivity index (χ2n) is 4.14. The maximum atomic E-state index is 13.6. The summed E-state index contributed by atoms with van der Waals surface area (Å²) in [6.45, 7) is -0.376. The van der Waals surface area contributed by atoms with Crippen LogP contribution in [0.1, 0.15) is 20.7 Å². The number of halogens is 3. The molecule has 0 unspecified atom stereocenters. The highest BCUT2D eigenvalue weighted by molar-refractivity contribution is 6.36. The van der Waals surface area contributed by atoms with Crippen molar-refractivity contribution in [1.29, 1.82) is 0 Å². The van der Waals surface area contributed by atoms with E-state index in [1.165, 1.54) is 30.3 Å². The lowest BCUT2D eigenvalue weighted by Gasteiger charge is -2.08. The zero-order valence-electron chi connectivity index (χ0n) is 10.6. The zero-order valence-corrected chi connectivity index (χ0v) is 12.1. The Kier molecular flexibility index (Phi) is 4.94. The molecule has 0 bridgehead atoms. The van der Waals surface area contributed by atoms with E-state index in [0.29, 0.717) is 11.3 Å². The smallest absolute Gasteiger partial charge is 0.201 e. The van der Waals surface area contributed by atoms with Crippen LogP contribution in [0.15, 0.2) is 36.4 Å². The molecule has 2 rings (SSSR count). The molecule has 0 N–H and O–H groups in total. The van der Waals surface area contributed by atoms with E-state index in [1.807, 2.05) is 0 Å². The number of ether oxygens (including phenoxy) is 1. The number of ketones is 1. The van der Waals surface area contributed by atoms with Crippen molar-refractivity contribution in [2.45, 2.75) is 0 Å². The number of hydrogen-bond donors (Lipinski definition) is 0. The SMILES string of the molecule is O=Cc1ccc(OCC(=O)c2ccc(Cl)cc2Cl)c(F)c1. The van der Waals surface area contributed by atoms with E-state index in [0.717, 1.165) is 6.07 Å². The van der Waals surface area contributed by atoms with E-state index < -0.39 is 11.6 Å². The Bertz CT molecular complexity index is 701. The summed E-state index contributed by atoms with van der Waals surface area (Å²) in [5.74, 6) is -1.23.